The normalized spacial score (nSPS) is 12.2. The molecular weight excluding hydrogens is 168 g/mol. The Kier molecular flexibility index (Phi) is 3.09. The molecule has 0 aromatic carbocycles. The van der Waals surface area contributed by atoms with Gasteiger partial charge in [-0.05, 0) is 30.7 Å². The number of allylic oxidation sites excluding steroid dienone is 2. The molecule has 1 N–H and O–H groups in total. The van der Waals surface area contributed by atoms with E-state index in [1.54, 1.807) is 37.5 Å². The summed E-state index contributed by atoms with van der Waals surface area (Å²) in [5.74, 6) is -0.236. The van der Waals surface area contributed by atoms with E-state index in [0.29, 0.717) is 11.3 Å². The highest BCUT2D eigenvalue weighted by Crippen LogP contribution is 2.05. The molecule has 0 fully saturated rings. The van der Waals surface area contributed by atoms with Crippen molar-refractivity contribution in [2.75, 3.05) is 0 Å². The Morgan fingerprint density at radius 1 is 1.62 bits per heavy atom. The van der Waals surface area contributed by atoms with E-state index in [4.69, 9.17) is 9.52 Å². The maximum atomic E-state index is 10.2. The second-order valence-electron chi connectivity index (χ2n) is 2.58. The maximum Gasteiger partial charge on any atom is 0.328 e. The highest BCUT2D eigenvalue weighted by molar-refractivity contribution is 5.81. The molecule has 0 aliphatic rings. The number of hydrogen-bond acceptors (Lipinski definition) is 2. The van der Waals surface area contributed by atoms with Crippen molar-refractivity contribution in [3.8, 4) is 0 Å². The molecule has 0 aliphatic heterocycles. The molecule has 0 atom stereocenters. The minimum atomic E-state index is -0.943. The SMILES string of the molecule is CC(=C/C(=O)O)/C=C/c1ccco1. The van der Waals surface area contributed by atoms with Gasteiger partial charge in [-0.25, -0.2) is 4.79 Å². The zero-order chi connectivity index (χ0) is 9.68. The van der Waals surface area contributed by atoms with E-state index in [-0.39, 0.29) is 0 Å². The number of rotatable bonds is 3. The summed E-state index contributed by atoms with van der Waals surface area (Å²) in [5, 5.41) is 8.41. The van der Waals surface area contributed by atoms with Gasteiger partial charge in [0.15, 0.2) is 0 Å². The molecule has 1 aromatic rings. The van der Waals surface area contributed by atoms with Crippen molar-refractivity contribution >= 4 is 12.0 Å². The second-order valence-corrected chi connectivity index (χ2v) is 2.58. The van der Waals surface area contributed by atoms with E-state index in [1.807, 2.05) is 0 Å². The Hall–Kier alpha value is -1.77. The molecule has 3 heteroatoms. The lowest BCUT2D eigenvalue weighted by atomic mass is 10.2. The second kappa shape index (κ2) is 4.30. The lowest BCUT2D eigenvalue weighted by Crippen LogP contribution is -1.87. The van der Waals surface area contributed by atoms with E-state index in [1.165, 1.54) is 0 Å². The van der Waals surface area contributed by atoms with Crippen molar-refractivity contribution in [1.82, 2.24) is 0 Å². The summed E-state index contributed by atoms with van der Waals surface area (Å²) in [6, 6.07) is 3.57. The Labute approximate surface area is 76.0 Å². The average molecular weight is 178 g/mol. The van der Waals surface area contributed by atoms with Crippen molar-refractivity contribution in [3.63, 3.8) is 0 Å². The van der Waals surface area contributed by atoms with Crippen LogP contribution >= 0.6 is 0 Å². The zero-order valence-corrected chi connectivity index (χ0v) is 7.23. The molecule has 1 rings (SSSR count). The summed E-state index contributed by atoms with van der Waals surface area (Å²) >= 11 is 0. The van der Waals surface area contributed by atoms with E-state index in [0.717, 1.165) is 6.08 Å². The van der Waals surface area contributed by atoms with Gasteiger partial charge in [0.2, 0.25) is 0 Å². The average Bonchev–Trinajstić information content (AvgIpc) is 2.51. The number of carboxylic acids is 1. The number of carbonyl (C=O) groups is 1. The molecule has 0 aliphatic carbocycles. The van der Waals surface area contributed by atoms with Crippen molar-refractivity contribution in [3.05, 3.63) is 41.9 Å². The van der Waals surface area contributed by atoms with Gasteiger partial charge in [0.1, 0.15) is 5.76 Å². The summed E-state index contributed by atoms with van der Waals surface area (Å²) in [6.07, 6.45) is 6.11. The lowest BCUT2D eigenvalue weighted by molar-refractivity contribution is -0.131. The first kappa shape index (κ1) is 9.32. The third kappa shape index (κ3) is 3.42. The fourth-order valence-electron chi connectivity index (χ4n) is 0.843. The maximum absolute atomic E-state index is 10.2. The molecule has 0 unspecified atom stereocenters. The van der Waals surface area contributed by atoms with E-state index >= 15 is 0 Å². The van der Waals surface area contributed by atoms with Crippen LogP contribution in [0.15, 0.2) is 40.5 Å². The van der Waals surface area contributed by atoms with Crippen LogP contribution in [-0.2, 0) is 4.79 Å². The first-order chi connectivity index (χ1) is 6.18. The van der Waals surface area contributed by atoms with Crippen LogP contribution < -0.4 is 0 Å². The predicted octanol–water partition coefficient (Wildman–Crippen LogP) is 2.32. The van der Waals surface area contributed by atoms with Gasteiger partial charge in [-0.1, -0.05) is 6.08 Å². The molecule has 0 amide bonds. The van der Waals surface area contributed by atoms with Crippen molar-refractivity contribution in [2.24, 2.45) is 0 Å². The lowest BCUT2D eigenvalue weighted by Gasteiger charge is -1.87. The van der Waals surface area contributed by atoms with Crippen LogP contribution in [0.1, 0.15) is 12.7 Å². The van der Waals surface area contributed by atoms with Crippen LogP contribution in [0.4, 0.5) is 0 Å². The molecular formula is C10H10O3. The fourth-order valence-corrected chi connectivity index (χ4v) is 0.843. The Morgan fingerprint density at radius 3 is 2.92 bits per heavy atom. The molecule has 1 heterocycles. The van der Waals surface area contributed by atoms with Crippen LogP contribution in [0, 0.1) is 0 Å². The number of hydrogen-bond donors (Lipinski definition) is 1. The molecule has 68 valence electrons. The van der Waals surface area contributed by atoms with Crippen LogP contribution in [0.3, 0.4) is 0 Å². The van der Waals surface area contributed by atoms with Crippen LogP contribution in [0.25, 0.3) is 6.08 Å². The standard InChI is InChI=1S/C10H10O3/c1-8(7-10(11)12)4-5-9-3-2-6-13-9/h2-7H,1H3,(H,11,12)/b5-4+,8-7-. The molecule has 13 heavy (non-hydrogen) atoms. The first-order valence-electron chi connectivity index (χ1n) is 3.81. The minimum absolute atomic E-state index is 0.670. The van der Waals surface area contributed by atoms with Gasteiger partial charge in [0.25, 0.3) is 0 Å². The molecule has 0 spiro atoms. The summed E-state index contributed by atoms with van der Waals surface area (Å²) in [4.78, 5) is 10.2. The number of aliphatic carboxylic acids is 1. The number of carboxylic acid groups (broad SMARTS) is 1. The highest BCUT2D eigenvalue weighted by Gasteiger charge is 1.90. The van der Waals surface area contributed by atoms with Crippen molar-refractivity contribution in [1.29, 1.82) is 0 Å². The third-order valence-corrected chi connectivity index (χ3v) is 1.40. The smallest absolute Gasteiger partial charge is 0.328 e. The van der Waals surface area contributed by atoms with Crippen LogP contribution in [0.5, 0.6) is 0 Å². The van der Waals surface area contributed by atoms with Gasteiger partial charge in [0, 0.05) is 6.08 Å². The third-order valence-electron chi connectivity index (χ3n) is 1.40. The molecule has 0 saturated heterocycles. The summed E-state index contributed by atoms with van der Waals surface area (Å²) in [5.41, 5.74) is 0.670. The van der Waals surface area contributed by atoms with Gasteiger partial charge in [-0.2, -0.15) is 0 Å². The number of furan rings is 1. The Bertz CT molecular complexity index is 331. The molecule has 3 nitrogen and oxygen atoms in total. The largest absolute Gasteiger partial charge is 0.478 e. The minimum Gasteiger partial charge on any atom is -0.478 e. The van der Waals surface area contributed by atoms with Gasteiger partial charge in [-0.3, -0.25) is 0 Å². The van der Waals surface area contributed by atoms with Crippen LogP contribution in [-0.4, -0.2) is 11.1 Å². The monoisotopic (exact) mass is 178 g/mol. The molecule has 0 radical (unpaired) electrons. The van der Waals surface area contributed by atoms with Gasteiger partial charge >= 0.3 is 5.97 Å². The molecule has 0 saturated carbocycles. The highest BCUT2D eigenvalue weighted by atomic mass is 16.4. The van der Waals surface area contributed by atoms with Gasteiger partial charge in [-0.15, -0.1) is 0 Å². The van der Waals surface area contributed by atoms with Crippen molar-refractivity contribution < 1.29 is 14.3 Å². The summed E-state index contributed by atoms with van der Waals surface area (Å²) in [7, 11) is 0. The summed E-state index contributed by atoms with van der Waals surface area (Å²) < 4.78 is 5.03. The van der Waals surface area contributed by atoms with Crippen molar-refractivity contribution in [2.45, 2.75) is 6.92 Å². The van der Waals surface area contributed by atoms with Gasteiger partial charge < -0.3 is 9.52 Å². The Morgan fingerprint density at radius 2 is 2.38 bits per heavy atom. The molecule has 0 bridgehead atoms. The van der Waals surface area contributed by atoms with Crippen LogP contribution in [0.2, 0.25) is 0 Å². The van der Waals surface area contributed by atoms with E-state index in [2.05, 4.69) is 0 Å². The topological polar surface area (TPSA) is 50.4 Å². The Balaban J connectivity index is 2.64. The van der Waals surface area contributed by atoms with E-state index < -0.39 is 5.97 Å². The van der Waals surface area contributed by atoms with E-state index in [9.17, 15) is 4.79 Å². The first-order valence-corrected chi connectivity index (χ1v) is 3.81. The quantitative estimate of drug-likeness (QED) is 0.570. The molecule has 1 aromatic heterocycles. The van der Waals surface area contributed by atoms with Gasteiger partial charge in [0.05, 0.1) is 6.26 Å². The predicted molar refractivity (Wildman–Crippen MR) is 49.1 cm³/mol. The fraction of sp³-hybridized carbons (Fsp3) is 0.100. The zero-order valence-electron chi connectivity index (χ0n) is 7.23. The summed E-state index contributed by atoms with van der Waals surface area (Å²) in [6.45, 7) is 1.72.